The normalized spacial score (nSPS) is 11.1. The van der Waals surface area contributed by atoms with Crippen molar-refractivity contribution in [2.45, 2.75) is 0 Å². The molecule has 0 spiro atoms. The van der Waals surface area contributed by atoms with E-state index in [0.29, 0.717) is 21.7 Å². The molecule has 0 N–H and O–H groups in total. The van der Waals surface area contributed by atoms with Crippen LogP contribution in [0.15, 0.2) is 30.5 Å². The largest absolute Gasteiger partial charge is 0.225 e. The van der Waals surface area contributed by atoms with Crippen molar-refractivity contribution in [3.8, 4) is 5.69 Å². The maximum atomic E-state index is 6.13. The Morgan fingerprint density at radius 1 is 1.00 bits per heavy atom. The first-order valence-electron chi connectivity index (χ1n) is 4.98. The van der Waals surface area contributed by atoms with Crippen molar-refractivity contribution in [3.63, 3.8) is 0 Å². The molecule has 4 nitrogen and oxygen atoms in total. The van der Waals surface area contributed by atoms with Gasteiger partial charge >= 0.3 is 0 Å². The first kappa shape index (κ1) is 11.7. The van der Waals surface area contributed by atoms with Crippen LogP contribution in [0.1, 0.15) is 0 Å². The summed E-state index contributed by atoms with van der Waals surface area (Å²) in [4.78, 5) is 7.99. The molecule has 7 heteroatoms. The molecule has 0 saturated heterocycles. The van der Waals surface area contributed by atoms with Gasteiger partial charge in [-0.05, 0) is 23.7 Å². The van der Waals surface area contributed by atoms with Crippen LogP contribution in [0, 0.1) is 0 Å². The van der Waals surface area contributed by atoms with Crippen molar-refractivity contribution in [2.24, 2.45) is 0 Å². The summed E-state index contributed by atoms with van der Waals surface area (Å²) in [5, 5.41) is 5.74. The van der Waals surface area contributed by atoms with Crippen LogP contribution in [-0.2, 0) is 0 Å². The lowest BCUT2D eigenvalue weighted by Gasteiger charge is -2.04. The Labute approximate surface area is 117 Å². The molecular weight excluding hydrogens is 295 g/mol. The maximum absolute atomic E-state index is 6.13. The van der Waals surface area contributed by atoms with Crippen LogP contribution < -0.4 is 0 Å². The lowest BCUT2D eigenvalue weighted by Crippen LogP contribution is -1.99. The summed E-state index contributed by atoms with van der Waals surface area (Å²) in [5.41, 5.74) is 1.23. The van der Waals surface area contributed by atoms with Crippen molar-refractivity contribution in [1.82, 2.24) is 19.7 Å². The van der Waals surface area contributed by atoms with Gasteiger partial charge < -0.3 is 0 Å². The Morgan fingerprint density at radius 3 is 2.56 bits per heavy atom. The van der Waals surface area contributed by atoms with E-state index < -0.39 is 0 Å². The fourth-order valence-electron chi connectivity index (χ4n) is 1.65. The highest BCUT2D eigenvalue weighted by Crippen LogP contribution is 2.26. The number of hydrogen-bond donors (Lipinski definition) is 0. The van der Waals surface area contributed by atoms with Crippen molar-refractivity contribution >= 4 is 45.8 Å². The Bertz CT molecular complexity index is 738. The Morgan fingerprint density at radius 2 is 1.78 bits per heavy atom. The first-order chi connectivity index (χ1) is 8.66. The quantitative estimate of drug-likeness (QED) is 0.507. The third-order valence-electron chi connectivity index (χ3n) is 2.44. The average Bonchev–Trinajstić information content (AvgIpc) is 2.73. The number of nitrogens with zero attached hydrogens (tertiary/aromatic N) is 4. The topological polar surface area (TPSA) is 43.6 Å². The molecule has 0 aliphatic heterocycles. The smallest absolute Gasteiger partial charge is 0.213 e. The van der Waals surface area contributed by atoms with Gasteiger partial charge in [0.25, 0.3) is 0 Å². The molecule has 0 amide bonds. The Hall–Kier alpha value is -1.36. The highest BCUT2D eigenvalue weighted by atomic mass is 35.5. The minimum absolute atomic E-state index is 0.0707. The molecule has 3 aromatic rings. The summed E-state index contributed by atoms with van der Waals surface area (Å²) < 4.78 is 1.58. The lowest BCUT2D eigenvalue weighted by molar-refractivity contribution is 0.895. The monoisotopic (exact) mass is 298 g/mol. The van der Waals surface area contributed by atoms with E-state index in [-0.39, 0.29) is 10.4 Å². The van der Waals surface area contributed by atoms with Crippen molar-refractivity contribution < 1.29 is 0 Å². The van der Waals surface area contributed by atoms with Crippen LogP contribution in [0.5, 0.6) is 0 Å². The summed E-state index contributed by atoms with van der Waals surface area (Å²) in [7, 11) is 0. The summed E-state index contributed by atoms with van der Waals surface area (Å²) in [6.45, 7) is 0. The van der Waals surface area contributed by atoms with E-state index in [1.165, 1.54) is 0 Å². The standard InChI is InChI=1S/C11H5Cl3N4/c12-7-3-1-2-4-8(7)18-10-6(5-15-18)9(13)16-11(14)17-10/h1-5H. The van der Waals surface area contributed by atoms with Gasteiger partial charge in [-0.25, -0.2) is 9.67 Å². The van der Waals surface area contributed by atoms with Crippen LogP contribution in [0.4, 0.5) is 0 Å². The zero-order valence-corrected chi connectivity index (χ0v) is 11.1. The van der Waals surface area contributed by atoms with Crippen LogP contribution in [-0.4, -0.2) is 19.7 Å². The number of fused-ring (bicyclic) bond motifs is 1. The van der Waals surface area contributed by atoms with Crippen LogP contribution >= 0.6 is 34.8 Å². The number of para-hydroxylation sites is 1. The minimum Gasteiger partial charge on any atom is -0.213 e. The SMILES string of the molecule is Clc1nc(Cl)c2cnn(-c3ccccc3Cl)c2n1. The van der Waals surface area contributed by atoms with E-state index in [9.17, 15) is 0 Å². The number of aromatic nitrogens is 4. The van der Waals surface area contributed by atoms with E-state index in [1.54, 1.807) is 16.9 Å². The van der Waals surface area contributed by atoms with Gasteiger partial charge in [-0.2, -0.15) is 10.1 Å². The highest BCUT2D eigenvalue weighted by molar-refractivity contribution is 6.35. The molecule has 0 bridgehead atoms. The summed E-state index contributed by atoms with van der Waals surface area (Å²) >= 11 is 17.9. The highest BCUT2D eigenvalue weighted by Gasteiger charge is 2.13. The van der Waals surface area contributed by atoms with E-state index in [0.717, 1.165) is 0 Å². The molecule has 0 aliphatic rings. The van der Waals surface area contributed by atoms with Gasteiger partial charge in [0.1, 0.15) is 5.15 Å². The predicted molar refractivity (Wildman–Crippen MR) is 71.7 cm³/mol. The molecule has 0 unspecified atom stereocenters. The molecule has 0 radical (unpaired) electrons. The summed E-state index contributed by atoms with van der Waals surface area (Å²) in [5.74, 6) is 0. The van der Waals surface area contributed by atoms with Crippen molar-refractivity contribution in [2.75, 3.05) is 0 Å². The molecule has 0 fully saturated rings. The van der Waals surface area contributed by atoms with Gasteiger partial charge in [-0.15, -0.1) is 0 Å². The van der Waals surface area contributed by atoms with Gasteiger partial charge in [0.15, 0.2) is 5.65 Å². The number of hydrogen-bond acceptors (Lipinski definition) is 3. The minimum atomic E-state index is 0.0707. The number of benzene rings is 1. The molecule has 0 saturated carbocycles. The van der Waals surface area contributed by atoms with E-state index in [2.05, 4.69) is 15.1 Å². The van der Waals surface area contributed by atoms with E-state index in [1.807, 2.05) is 18.2 Å². The molecule has 0 aliphatic carbocycles. The van der Waals surface area contributed by atoms with Gasteiger partial charge in [0, 0.05) is 0 Å². The predicted octanol–water partition coefficient (Wildman–Crippen LogP) is 3.78. The summed E-state index contributed by atoms with van der Waals surface area (Å²) in [6, 6.07) is 7.30. The van der Waals surface area contributed by atoms with Crippen LogP contribution in [0.25, 0.3) is 16.7 Å². The van der Waals surface area contributed by atoms with E-state index in [4.69, 9.17) is 34.8 Å². The molecule has 3 rings (SSSR count). The van der Waals surface area contributed by atoms with Gasteiger partial charge in [0.05, 0.1) is 22.3 Å². The Kier molecular flexibility index (Phi) is 2.86. The zero-order chi connectivity index (χ0) is 12.7. The van der Waals surface area contributed by atoms with Gasteiger partial charge in [-0.3, -0.25) is 0 Å². The summed E-state index contributed by atoms with van der Waals surface area (Å²) in [6.07, 6.45) is 1.58. The molecular formula is C11H5Cl3N4. The average molecular weight is 300 g/mol. The molecule has 2 aromatic heterocycles. The molecule has 0 atom stereocenters. The first-order valence-corrected chi connectivity index (χ1v) is 6.12. The third-order valence-corrected chi connectivity index (χ3v) is 3.21. The second-order valence-corrected chi connectivity index (χ2v) is 4.63. The molecule has 18 heavy (non-hydrogen) atoms. The molecule has 2 heterocycles. The van der Waals surface area contributed by atoms with Crippen LogP contribution in [0.2, 0.25) is 15.5 Å². The molecule has 1 aromatic carbocycles. The number of halogens is 3. The van der Waals surface area contributed by atoms with Gasteiger partial charge in [-0.1, -0.05) is 35.3 Å². The molecule has 90 valence electrons. The zero-order valence-electron chi connectivity index (χ0n) is 8.81. The van der Waals surface area contributed by atoms with Crippen molar-refractivity contribution in [1.29, 1.82) is 0 Å². The fraction of sp³-hybridized carbons (Fsp3) is 0. The number of rotatable bonds is 1. The lowest BCUT2D eigenvalue weighted by atomic mass is 10.3. The van der Waals surface area contributed by atoms with Crippen molar-refractivity contribution in [3.05, 3.63) is 45.9 Å². The van der Waals surface area contributed by atoms with E-state index >= 15 is 0 Å². The second kappa shape index (κ2) is 4.39. The van der Waals surface area contributed by atoms with Gasteiger partial charge in [0.2, 0.25) is 5.28 Å². The Balaban J connectivity index is 2.34. The fourth-order valence-corrected chi connectivity index (χ4v) is 2.29. The second-order valence-electron chi connectivity index (χ2n) is 3.53. The van der Waals surface area contributed by atoms with Crippen LogP contribution in [0.3, 0.4) is 0 Å². The maximum Gasteiger partial charge on any atom is 0.225 e. The third kappa shape index (κ3) is 1.82.